The van der Waals surface area contributed by atoms with E-state index in [-0.39, 0.29) is 0 Å². The van der Waals surface area contributed by atoms with Crippen molar-refractivity contribution in [2.24, 2.45) is 0 Å². The van der Waals surface area contributed by atoms with E-state index < -0.39 is 7.82 Å². The Bertz CT molecular complexity index is 480. The number of benzene rings is 2. The molecule has 0 spiro atoms. The Morgan fingerprint density at radius 3 is 1.35 bits per heavy atom. The van der Waals surface area contributed by atoms with Gasteiger partial charge < -0.3 is 20.0 Å². The van der Waals surface area contributed by atoms with Gasteiger partial charge in [-0.3, -0.25) is 0 Å². The first kappa shape index (κ1) is 16.6. The smallest absolute Gasteiger partial charge is 0.309 e. The lowest BCUT2D eigenvalue weighted by Crippen LogP contribution is -2.12. The summed E-state index contributed by atoms with van der Waals surface area (Å²) in [7, 11) is -4.64. The van der Waals surface area contributed by atoms with Crippen LogP contribution in [0.5, 0.6) is 0 Å². The Balaban J connectivity index is 0.000000347. The summed E-state index contributed by atoms with van der Waals surface area (Å²) in [4.78, 5) is 21.6. The van der Waals surface area contributed by atoms with Crippen LogP contribution >= 0.6 is 7.82 Å². The second-order valence-corrected chi connectivity index (χ2v) is 5.11. The molecular weight excluding hydrogens is 277 g/mol. The van der Waals surface area contributed by atoms with Crippen LogP contribution in [0.1, 0.15) is 11.1 Å². The summed E-state index contributed by atoms with van der Waals surface area (Å²) in [5.74, 6) is 0. The van der Waals surface area contributed by atoms with E-state index in [9.17, 15) is 0 Å². The summed E-state index contributed by atoms with van der Waals surface area (Å²) in [6.45, 7) is 1.85. The molecule has 0 aliphatic rings. The zero-order valence-electron chi connectivity index (χ0n) is 10.9. The Labute approximate surface area is 118 Å². The minimum absolute atomic E-state index is 0.926. The summed E-state index contributed by atoms with van der Waals surface area (Å²) in [6.07, 6.45) is 0. The molecule has 0 unspecified atom stereocenters. The van der Waals surface area contributed by atoms with Crippen molar-refractivity contribution in [2.75, 3.05) is 0 Å². The minimum Gasteiger partial charge on any atom is -0.309 e. The third kappa shape index (κ3) is 9.44. The summed E-state index contributed by atoms with van der Waals surface area (Å²) in [5, 5.41) is 3.42. The molecule has 0 heterocycles. The highest BCUT2D eigenvalue weighted by molar-refractivity contribution is 7.45. The SMILES string of the molecule is O=P(O)(O)O.c1ccc(CNCc2ccccc2)cc1. The van der Waals surface area contributed by atoms with Crippen LogP contribution in [0, 0.1) is 0 Å². The number of phosphoric acid groups is 1. The van der Waals surface area contributed by atoms with Gasteiger partial charge in [-0.25, -0.2) is 4.57 Å². The van der Waals surface area contributed by atoms with E-state index >= 15 is 0 Å². The van der Waals surface area contributed by atoms with Crippen LogP contribution < -0.4 is 5.32 Å². The van der Waals surface area contributed by atoms with Crippen LogP contribution in [0.4, 0.5) is 0 Å². The maximum absolute atomic E-state index is 8.88. The lowest BCUT2D eigenvalue weighted by Gasteiger charge is -2.04. The molecule has 108 valence electrons. The number of nitrogens with one attached hydrogen (secondary N) is 1. The van der Waals surface area contributed by atoms with Gasteiger partial charge in [-0.15, -0.1) is 0 Å². The molecule has 0 atom stereocenters. The average Bonchev–Trinajstić information content (AvgIpc) is 2.39. The third-order valence-corrected chi connectivity index (χ3v) is 2.34. The van der Waals surface area contributed by atoms with Crippen LogP contribution in [-0.4, -0.2) is 14.7 Å². The summed E-state index contributed by atoms with van der Waals surface area (Å²) in [6, 6.07) is 20.9. The molecule has 20 heavy (non-hydrogen) atoms. The topological polar surface area (TPSA) is 89.8 Å². The Kier molecular flexibility index (Phi) is 7.15. The monoisotopic (exact) mass is 295 g/mol. The minimum atomic E-state index is -4.64. The molecule has 0 saturated carbocycles. The van der Waals surface area contributed by atoms with Crippen LogP contribution in [0.3, 0.4) is 0 Å². The molecule has 0 aliphatic heterocycles. The lowest BCUT2D eigenvalue weighted by atomic mass is 10.2. The van der Waals surface area contributed by atoms with Gasteiger partial charge in [0.1, 0.15) is 0 Å². The number of hydrogen-bond donors (Lipinski definition) is 4. The van der Waals surface area contributed by atoms with Crippen molar-refractivity contribution >= 4 is 7.82 Å². The molecule has 0 amide bonds. The molecule has 0 aromatic heterocycles. The van der Waals surface area contributed by atoms with Crippen molar-refractivity contribution in [3.63, 3.8) is 0 Å². The van der Waals surface area contributed by atoms with Crippen molar-refractivity contribution in [3.05, 3.63) is 71.8 Å². The first-order valence-electron chi connectivity index (χ1n) is 6.02. The van der Waals surface area contributed by atoms with Gasteiger partial charge in [0.2, 0.25) is 0 Å². The zero-order valence-corrected chi connectivity index (χ0v) is 11.8. The van der Waals surface area contributed by atoms with Gasteiger partial charge in [0.25, 0.3) is 0 Å². The standard InChI is InChI=1S/C14H15N.H3O4P/c1-3-7-13(8-4-1)11-15-12-14-9-5-2-6-10-14;1-5(2,3)4/h1-10,15H,11-12H2;(H3,1,2,3,4). The lowest BCUT2D eigenvalue weighted by molar-refractivity contribution is 0.275. The molecule has 6 heteroatoms. The van der Waals surface area contributed by atoms with Crippen LogP contribution in [0.25, 0.3) is 0 Å². The van der Waals surface area contributed by atoms with Crippen LogP contribution in [0.2, 0.25) is 0 Å². The molecule has 0 fully saturated rings. The summed E-state index contributed by atoms with van der Waals surface area (Å²) < 4.78 is 8.88. The summed E-state index contributed by atoms with van der Waals surface area (Å²) in [5.41, 5.74) is 2.65. The highest BCUT2D eigenvalue weighted by atomic mass is 31.2. The maximum Gasteiger partial charge on any atom is 0.466 e. The summed E-state index contributed by atoms with van der Waals surface area (Å²) >= 11 is 0. The molecule has 5 nitrogen and oxygen atoms in total. The van der Waals surface area contributed by atoms with E-state index in [2.05, 4.69) is 53.8 Å². The first-order chi connectivity index (χ1) is 9.45. The predicted molar refractivity (Wildman–Crippen MR) is 77.7 cm³/mol. The Hall–Kier alpha value is -1.49. The molecule has 0 radical (unpaired) electrons. The number of rotatable bonds is 4. The van der Waals surface area contributed by atoms with Gasteiger partial charge >= 0.3 is 7.82 Å². The highest BCUT2D eigenvalue weighted by Gasteiger charge is 2.00. The largest absolute Gasteiger partial charge is 0.466 e. The molecule has 0 bridgehead atoms. The van der Waals surface area contributed by atoms with Gasteiger partial charge in [-0.05, 0) is 11.1 Å². The predicted octanol–water partition coefficient (Wildman–Crippen LogP) is 2.05. The fraction of sp³-hybridized carbons (Fsp3) is 0.143. The van der Waals surface area contributed by atoms with Crippen molar-refractivity contribution in [1.29, 1.82) is 0 Å². The van der Waals surface area contributed by atoms with Gasteiger partial charge in [-0.1, -0.05) is 60.7 Å². The van der Waals surface area contributed by atoms with Crippen molar-refractivity contribution < 1.29 is 19.2 Å². The Morgan fingerprint density at radius 2 is 1.05 bits per heavy atom. The van der Waals surface area contributed by atoms with E-state index in [1.165, 1.54) is 11.1 Å². The molecule has 2 rings (SSSR count). The fourth-order valence-corrected chi connectivity index (χ4v) is 1.54. The Morgan fingerprint density at radius 1 is 0.750 bits per heavy atom. The average molecular weight is 295 g/mol. The van der Waals surface area contributed by atoms with E-state index in [1.54, 1.807) is 0 Å². The van der Waals surface area contributed by atoms with E-state index in [0.717, 1.165) is 13.1 Å². The third-order valence-electron chi connectivity index (χ3n) is 2.34. The van der Waals surface area contributed by atoms with Gasteiger partial charge in [0.15, 0.2) is 0 Å². The maximum atomic E-state index is 8.88. The van der Waals surface area contributed by atoms with Crippen LogP contribution in [0.15, 0.2) is 60.7 Å². The van der Waals surface area contributed by atoms with Crippen LogP contribution in [-0.2, 0) is 17.7 Å². The normalized spacial score (nSPS) is 10.6. The quantitative estimate of drug-likeness (QED) is 0.648. The molecule has 0 aliphatic carbocycles. The highest BCUT2D eigenvalue weighted by Crippen LogP contribution is 2.25. The van der Waals surface area contributed by atoms with Crippen molar-refractivity contribution in [2.45, 2.75) is 13.1 Å². The van der Waals surface area contributed by atoms with Gasteiger partial charge in [0.05, 0.1) is 0 Å². The molecular formula is C14H18NO4P. The molecule has 0 saturated heterocycles. The molecule has 4 N–H and O–H groups in total. The van der Waals surface area contributed by atoms with E-state index in [1.807, 2.05) is 12.1 Å². The second-order valence-electron chi connectivity index (χ2n) is 4.09. The van der Waals surface area contributed by atoms with Crippen molar-refractivity contribution in [3.8, 4) is 0 Å². The number of hydrogen-bond acceptors (Lipinski definition) is 2. The van der Waals surface area contributed by atoms with Crippen molar-refractivity contribution in [1.82, 2.24) is 5.32 Å². The fourth-order valence-electron chi connectivity index (χ4n) is 1.54. The first-order valence-corrected chi connectivity index (χ1v) is 7.58. The van der Waals surface area contributed by atoms with Gasteiger partial charge in [0, 0.05) is 13.1 Å². The zero-order chi connectivity index (χ0) is 14.8. The molecule has 2 aromatic carbocycles. The van der Waals surface area contributed by atoms with E-state index in [4.69, 9.17) is 19.2 Å². The second kappa shape index (κ2) is 8.64. The van der Waals surface area contributed by atoms with E-state index in [0.29, 0.717) is 0 Å². The molecule has 2 aromatic rings. The van der Waals surface area contributed by atoms with Gasteiger partial charge in [-0.2, -0.15) is 0 Å².